The molecule has 1 heterocycles. The first kappa shape index (κ1) is 19.6. The van der Waals surface area contributed by atoms with E-state index in [0.717, 1.165) is 12.0 Å². The molecule has 2 N–H and O–H groups in total. The molecule has 0 saturated heterocycles. The van der Waals surface area contributed by atoms with E-state index in [0.29, 0.717) is 6.07 Å². The average molecular weight is 380 g/mol. The largest absolute Gasteiger partial charge is 0.466 e. The maximum absolute atomic E-state index is 14.1. The number of esters is 1. The van der Waals surface area contributed by atoms with Crippen LogP contribution in [0.25, 0.3) is 0 Å². The molecule has 1 aliphatic heterocycles. The van der Waals surface area contributed by atoms with Crippen LogP contribution in [0.3, 0.4) is 0 Å². The van der Waals surface area contributed by atoms with E-state index < -0.39 is 53.2 Å². The van der Waals surface area contributed by atoms with E-state index in [-0.39, 0.29) is 24.7 Å². The van der Waals surface area contributed by atoms with Crippen molar-refractivity contribution in [2.45, 2.75) is 6.18 Å². The normalized spacial score (nSPS) is 14.9. The summed E-state index contributed by atoms with van der Waals surface area (Å²) < 4.78 is 70.5. The predicted octanol–water partition coefficient (Wildman–Crippen LogP) is 1.66. The highest BCUT2D eigenvalue weighted by molar-refractivity contribution is 6.08. The second kappa shape index (κ2) is 7.28. The van der Waals surface area contributed by atoms with Gasteiger partial charge in [0, 0.05) is 12.6 Å². The Kier molecular flexibility index (Phi) is 5.50. The first-order chi connectivity index (χ1) is 12.1. The summed E-state index contributed by atoms with van der Waals surface area (Å²) in [5, 5.41) is 11.0. The number of carbonyl (C=O) groups excluding carboxylic acids is 2. The van der Waals surface area contributed by atoms with E-state index in [4.69, 9.17) is 5.11 Å². The highest BCUT2D eigenvalue weighted by Gasteiger charge is 2.38. The first-order valence-corrected chi connectivity index (χ1v) is 7.15. The Labute approximate surface area is 143 Å². The molecule has 1 aliphatic rings. The lowest BCUT2D eigenvalue weighted by Gasteiger charge is -2.16. The second-order valence-electron chi connectivity index (χ2n) is 5.23. The van der Waals surface area contributed by atoms with Gasteiger partial charge in [-0.3, -0.25) is 4.79 Å². The zero-order valence-corrected chi connectivity index (χ0v) is 13.3. The van der Waals surface area contributed by atoms with Gasteiger partial charge in [0.05, 0.1) is 37.1 Å². The number of nitrogens with zero attached hydrogens (tertiary/aromatic N) is 1. The van der Waals surface area contributed by atoms with Gasteiger partial charge in [0.25, 0.3) is 5.91 Å². The van der Waals surface area contributed by atoms with Crippen LogP contribution < -0.4 is 5.32 Å². The van der Waals surface area contributed by atoms with Gasteiger partial charge in [-0.1, -0.05) is 0 Å². The minimum absolute atomic E-state index is 0.0232. The van der Waals surface area contributed by atoms with Crippen LogP contribution in [0.15, 0.2) is 23.4 Å². The smallest absolute Gasteiger partial charge is 0.419 e. The fraction of sp³-hybridized carbons (Fsp3) is 0.333. The summed E-state index contributed by atoms with van der Waals surface area (Å²) in [5.74, 6) is -5.08. The molecule has 1 aromatic carbocycles. The summed E-state index contributed by atoms with van der Waals surface area (Å²) in [7, 11) is 1.01. The minimum atomic E-state index is -5.16. The van der Waals surface area contributed by atoms with Crippen LogP contribution in [0.4, 0.5) is 27.6 Å². The Hall–Kier alpha value is -2.69. The molecule has 0 radical (unpaired) electrons. The third-order valence-electron chi connectivity index (χ3n) is 3.56. The van der Waals surface area contributed by atoms with Crippen LogP contribution in [0.1, 0.15) is 5.56 Å². The summed E-state index contributed by atoms with van der Waals surface area (Å²) in [5.41, 5.74) is -3.67. The second-order valence-corrected chi connectivity index (χ2v) is 5.23. The number of hydrogen-bond donors (Lipinski definition) is 2. The van der Waals surface area contributed by atoms with E-state index in [2.05, 4.69) is 10.1 Å². The molecule has 0 spiro atoms. The highest BCUT2D eigenvalue weighted by atomic mass is 19.4. The van der Waals surface area contributed by atoms with Crippen LogP contribution in [0.5, 0.6) is 0 Å². The number of rotatable bonds is 5. The number of halogens is 5. The molecule has 26 heavy (non-hydrogen) atoms. The molecule has 2 rings (SSSR count). The number of ether oxygens (including phenoxy) is 1. The quantitative estimate of drug-likeness (QED) is 0.600. The molecule has 6 nitrogen and oxygen atoms in total. The molecule has 0 bridgehead atoms. The minimum Gasteiger partial charge on any atom is -0.466 e. The van der Waals surface area contributed by atoms with Gasteiger partial charge in [-0.05, 0) is 6.07 Å². The van der Waals surface area contributed by atoms with Gasteiger partial charge in [0.15, 0.2) is 5.82 Å². The van der Waals surface area contributed by atoms with Gasteiger partial charge in [0.1, 0.15) is 11.5 Å². The molecule has 1 aromatic rings. The molecule has 1 amide bonds. The Morgan fingerprint density at radius 3 is 2.54 bits per heavy atom. The van der Waals surface area contributed by atoms with Gasteiger partial charge in [-0.25, -0.2) is 13.6 Å². The van der Waals surface area contributed by atoms with Crippen molar-refractivity contribution in [3.8, 4) is 0 Å². The number of alkyl halides is 3. The van der Waals surface area contributed by atoms with Crippen molar-refractivity contribution in [1.82, 2.24) is 4.90 Å². The molecule has 11 heteroatoms. The molecule has 0 aromatic heterocycles. The van der Waals surface area contributed by atoms with Crippen molar-refractivity contribution in [1.29, 1.82) is 0 Å². The summed E-state index contributed by atoms with van der Waals surface area (Å²) in [6, 6.07) is 0.402. The monoisotopic (exact) mass is 380 g/mol. The Balaban J connectivity index is 2.49. The van der Waals surface area contributed by atoms with Crippen molar-refractivity contribution in [2.75, 3.05) is 32.1 Å². The van der Waals surface area contributed by atoms with Gasteiger partial charge in [0.2, 0.25) is 0 Å². The summed E-state index contributed by atoms with van der Waals surface area (Å²) in [6.45, 7) is -0.929. The average Bonchev–Trinajstić information content (AvgIpc) is 2.86. The summed E-state index contributed by atoms with van der Waals surface area (Å²) in [6.07, 6.45) is -5.16. The predicted molar refractivity (Wildman–Crippen MR) is 77.7 cm³/mol. The molecule has 142 valence electrons. The Morgan fingerprint density at radius 2 is 2.00 bits per heavy atom. The summed E-state index contributed by atoms with van der Waals surface area (Å²) >= 11 is 0. The van der Waals surface area contributed by atoms with Crippen molar-refractivity contribution in [2.24, 2.45) is 0 Å². The van der Waals surface area contributed by atoms with Gasteiger partial charge >= 0.3 is 12.1 Å². The first-order valence-electron chi connectivity index (χ1n) is 7.15. The number of aliphatic hydroxyl groups is 1. The van der Waals surface area contributed by atoms with Crippen LogP contribution in [0, 0.1) is 11.6 Å². The van der Waals surface area contributed by atoms with Crippen molar-refractivity contribution >= 4 is 17.6 Å². The third-order valence-corrected chi connectivity index (χ3v) is 3.56. The SMILES string of the molecule is COC(=O)C1=C(Nc2cc(F)cc(C(F)(F)F)c2F)C(=O)N(CCO)C1. The van der Waals surface area contributed by atoms with E-state index in [9.17, 15) is 31.5 Å². The maximum Gasteiger partial charge on any atom is 0.419 e. The number of carbonyl (C=O) groups is 2. The standard InChI is InChI=1S/C15H13F5N2O4/c1-26-14(25)8-6-22(2-3-23)13(24)12(8)21-10-5-7(16)4-9(11(10)17)15(18,19)20/h4-5,21,23H,2-3,6H2,1H3. The van der Waals surface area contributed by atoms with E-state index >= 15 is 0 Å². The fourth-order valence-electron chi connectivity index (χ4n) is 2.37. The molecule has 0 saturated carbocycles. The molecule has 0 aliphatic carbocycles. The fourth-order valence-corrected chi connectivity index (χ4v) is 2.37. The number of anilines is 1. The number of amides is 1. The molecule has 0 fully saturated rings. The molecule has 0 unspecified atom stereocenters. The molecular formula is C15H13F5N2O4. The number of benzene rings is 1. The van der Waals surface area contributed by atoms with Crippen LogP contribution >= 0.6 is 0 Å². The lowest BCUT2D eigenvalue weighted by molar-refractivity contribution is -0.140. The zero-order chi connectivity index (χ0) is 19.6. The maximum atomic E-state index is 14.1. The van der Waals surface area contributed by atoms with Gasteiger partial charge in [-0.2, -0.15) is 13.2 Å². The lowest BCUT2D eigenvalue weighted by Crippen LogP contribution is -2.31. The van der Waals surface area contributed by atoms with Crippen LogP contribution in [-0.4, -0.2) is 48.7 Å². The molecular weight excluding hydrogens is 367 g/mol. The highest BCUT2D eigenvalue weighted by Crippen LogP contribution is 2.35. The third kappa shape index (κ3) is 3.77. The number of nitrogens with one attached hydrogen (secondary N) is 1. The number of methoxy groups -OCH3 is 1. The van der Waals surface area contributed by atoms with Crippen molar-refractivity contribution < 1.29 is 41.4 Å². The van der Waals surface area contributed by atoms with Crippen molar-refractivity contribution in [3.05, 3.63) is 40.6 Å². The van der Waals surface area contributed by atoms with E-state index in [1.807, 2.05) is 0 Å². The van der Waals surface area contributed by atoms with Crippen LogP contribution in [-0.2, 0) is 20.5 Å². The van der Waals surface area contributed by atoms with Gasteiger partial charge < -0.3 is 20.1 Å². The lowest BCUT2D eigenvalue weighted by atomic mass is 10.1. The van der Waals surface area contributed by atoms with Gasteiger partial charge in [-0.15, -0.1) is 0 Å². The van der Waals surface area contributed by atoms with E-state index in [1.54, 1.807) is 0 Å². The molecule has 0 atom stereocenters. The zero-order valence-electron chi connectivity index (χ0n) is 13.3. The Bertz CT molecular complexity index is 776. The van der Waals surface area contributed by atoms with Crippen molar-refractivity contribution in [3.63, 3.8) is 0 Å². The number of β-amino-alcohol motifs (C(OH)–C–C–N with tert-alkyl or cyclic N) is 1. The van der Waals surface area contributed by atoms with E-state index in [1.165, 1.54) is 0 Å². The summed E-state index contributed by atoms with van der Waals surface area (Å²) in [4.78, 5) is 25.0. The number of aliphatic hydroxyl groups excluding tert-OH is 1. The number of hydrogen-bond acceptors (Lipinski definition) is 5. The topological polar surface area (TPSA) is 78.9 Å². The van der Waals surface area contributed by atoms with Crippen LogP contribution in [0.2, 0.25) is 0 Å². The Morgan fingerprint density at radius 1 is 1.35 bits per heavy atom.